The third-order valence-electron chi connectivity index (χ3n) is 1.78. The molecule has 90 valence electrons. The normalized spacial score (nSPS) is 12.6. The highest BCUT2D eigenvalue weighted by Crippen LogP contribution is 2.11. The number of hydrogen-bond donors (Lipinski definition) is 1. The summed E-state index contributed by atoms with van der Waals surface area (Å²) in [5.41, 5.74) is 0. The van der Waals surface area contributed by atoms with Crippen molar-refractivity contribution in [1.29, 1.82) is 0 Å². The number of nitrogens with one attached hydrogen (secondary N) is 1. The number of anilines is 1. The van der Waals surface area contributed by atoms with Crippen molar-refractivity contribution in [1.82, 2.24) is 19.9 Å². The molecular formula is C9H16ClN5O. The number of methoxy groups -OCH3 is 1. The van der Waals surface area contributed by atoms with Crippen LogP contribution in [0.15, 0.2) is 0 Å². The van der Waals surface area contributed by atoms with Crippen LogP contribution >= 0.6 is 11.6 Å². The zero-order valence-corrected chi connectivity index (χ0v) is 10.6. The smallest absolute Gasteiger partial charge is 0.322 e. The average molecular weight is 246 g/mol. The van der Waals surface area contributed by atoms with Crippen molar-refractivity contribution >= 4 is 17.5 Å². The quantitative estimate of drug-likeness (QED) is 0.832. The van der Waals surface area contributed by atoms with Crippen LogP contribution in [0.4, 0.5) is 5.95 Å². The van der Waals surface area contributed by atoms with Gasteiger partial charge in [0.2, 0.25) is 11.2 Å². The summed E-state index contributed by atoms with van der Waals surface area (Å²) in [6.07, 6.45) is 0. The molecule has 0 aliphatic heterocycles. The molecule has 1 N–H and O–H groups in total. The Morgan fingerprint density at radius 3 is 2.62 bits per heavy atom. The zero-order chi connectivity index (χ0) is 12.1. The Labute approximate surface area is 100 Å². The summed E-state index contributed by atoms with van der Waals surface area (Å²) in [6.45, 7) is 2.90. The third-order valence-corrected chi connectivity index (χ3v) is 1.95. The molecule has 0 aromatic carbocycles. The van der Waals surface area contributed by atoms with Crippen LogP contribution in [-0.2, 0) is 0 Å². The summed E-state index contributed by atoms with van der Waals surface area (Å²) in [5, 5.41) is 3.24. The number of rotatable bonds is 5. The lowest BCUT2D eigenvalue weighted by molar-refractivity contribution is 0.376. The predicted octanol–water partition coefficient (Wildman–Crippen LogP) is 0.896. The summed E-state index contributed by atoms with van der Waals surface area (Å²) < 4.78 is 4.90. The maximum absolute atomic E-state index is 5.73. The van der Waals surface area contributed by atoms with Gasteiger partial charge in [0, 0.05) is 12.6 Å². The lowest BCUT2D eigenvalue weighted by atomic mass is 10.3. The Kier molecular flexibility index (Phi) is 4.70. The van der Waals surface area contributed by atoms with Gasteiger partial charge in [-0.25, -0.2) is 0 Å². The number of aromatic nitrogens is 3. The van der Waals surface area contributed by atoms with Gasteiger partial charge in [0.1, 0.15) is 0 Å². The summed E-state index contributed by atoms with van der Waals surface area (Å²) in [7, 11) is 5.48. The first-order chi connectivity index (χ1) is 7.51. The second-order valence-electron chi connectivity index (χ2n) is 3.72. The van der Waals surface area contributed by atoms with Gasteiger partial charge in [-0.15, -0.1) is 0 Å². The van der Waals surface area contributed by atoms with Gasteiger partial charge in [-0.1, -0.05) is 0 Å². The van der Waals surface area contributed by atoms with Gasteiger partial charge in [0.05, 0.1) is 7.11 Å². The van der Waals surface area contributed by atoms with Crippen LogP contribution in [0.2, 0.25) is 5.28 Å². The largest absolute Gasteiger partial charge is 0.467 e. The Morgan fingerprint density at radius 2 is 2.06 bits per heavy atom. The number of hydrogen-bond acceptors (Lipinski definition) is 6. The van der Waals surface area contributed by atoms with E-state index in [2.05, 4.69) is 25.2 Å². The predicted molar refractivity (Wildman–Crippen MR) is 63.0 cm³/mol. The highest BCUT2D eigenvalue weighted by Gasteiger charge is 2.08. The number of halogens is 1. The van der Waals surface area contributed by atoms with Crippen LogP contribution in [0.25, 0.3) is 0 Å². The number of ether oxygens (including phenoxy) is 1. The van der Waals surface area contributed by atoms with Crippen molar-refractivity contribution in [2.75, 3.05) is 33.1 Å². The standard InChI is InChI=1S/C9H16ClN5O/c1-6(5-15(2)3)11-8-12-7(10)13-9(14-8)16-4/h6H,5H2,1-4H3,(H,11,12,13,14). The van der Waals surface area contributed by atoms with Gasteiger partial charge in [0.25, 0.3) is 0 Å². The molecule has 0 aliphatic carbocycles. The minimum Gasteiger partial charge on any atom is -0.467 e. The molecule has 1 atom stereocenters. The second kappa shape index (κ2) is 5.81. The van der Waals surface area contributed by atoms with Crippen LogP contribution in [0.1, 0.15) is 6.92 Å². The molecule has 0 amide bonds. The molecule has 0 radical (unpaired) electrons. The molecule has 0 fully saturated rings. The fourth-order valence-electron chi connectivity index (χ4n) is 1.30. The molecule has 0 saturated carbocycles. The van der Waals surface area contributed by atoms with Crippen molar-refractivity contribution in [3.8, 4) is 6.01 Å². The van der Waals surface area contributed by atoms with Crippen molar-refractivity contribution < 1.29 is 4.74 Å². The molecule has 7 heteroatoms. The van der Waals surface area contributed by atoms with Crippen molar-refractivity contribution in [3.05, 3.63) is 5.28 Å². The van der Waals surface area contributed by atoms with Crippen LogP contribution in [0, 0.1) is 0 Å². The van der Waals surface area contributed by atoms with Crippen LogP contribution in [-0.4, -0.2) is 53.6 Å². The van der Waals surface area contributed by atoms with E-state index in [1.54, 1.807) is 0 Å². The van der Waals surface area contributed by atoms with E-state index in [0.29, 0.717) is 5.95 Å². The molecule has 1 aromatic heterocycles. The van der Waals surface area contributed by atoms with E-state index < -0.39 is 0 Å². The molecule has 1 heterocycles. The molecule has 16 heavy (non-hydrogen) atoms. The number of nitrogens with zero attached hydrogens (tertiary/aromatic N) is 4. The van der Waals surface area contributed by atoms with Gasteiger partial charge in [0.15, 0.2) is 0 Å². The van der Waals surface area contributed by atoms with E-state index in [9.17, 15) is 0 Å². The number of likely N-dealkylation sites (N-methyl/N-ethyl adjacent to an activating group) is 1. The average Bonchev–Trinajstić information content (AvgIpc) is 2.14. The minimum absolute atomic E-state index is 0.117. The zero-order valence-electron chi connectivity index (χ0n) is 9.86. The van der Waals surface area contributed by atoms with E-state index in [4.69, 9.17) is 16.3 Å². The van der Waals surface area contributed by atoms with E-state index >= 15 is 0 Å². The third kappa shape index (κ3) is 4.16. The van der Waals surface area contributed by atoms with E-state index in [1.165, 1.54) is 7.11 Å². The molecule has 0 aliphatic rings. The van der Waals surface area contributed by atoms with Gasteiger partial charge in [-0.2, -0.15) is 15.0 Å². The highest BCUT2D eigenvalue weighted by atomic mass is 35.5. The summed E-state index contributed by atoms with van der Waals surface area (Å²) >= 11 is 5.73. The molecule has 1 rings (SSSR count). The first-order valence-corrected chi connectivity index (χ1v) is 5.26. The van der Waals surface area contributed by atoms with Crippen LogP contribution < -0.4 is 10.1 Å². The fraction of sp³-hybridized carbons (Fsp3) is 0.667. The van der Waals surface area contributed by atoms with Crippen molar-refractivity contribution in [3.63, 3.8) is 0 Å². The van der Waals surface area contributed by atoms with Crippen molar-refractivity contribution in [2.24, 2.45) is 0 Å². The maximum atomic E-state index is 5.73. The lowest BCUT2D eigenvalue weighted by Crippen LogP contribution is -2.30. The minimum atomic E-state index is 0.117. The lowest BCUT2D eigenvalue weighted by Gasteiger charge is -2.18. The maximum Gasteiger partial charge on any atom is 0.322 e. The molecule has 1 aromatic rings. The Balaban J connectivity index is 2.69. The molecule has 0 spiro atoms. The van der Waals surface area contributed by atoms with Gasteiger partial charge < -0.3 is 15.0 Å². The summed E-state index contributed by atoms with van der Waals surface area (Å²) in [5.74, 6) is 0.422. The fourth-order valence-corrected chi connectivity index (χ4v) is 1.45. The first kappa shape index (κ1) is 12.9. The molecule has 6 nitrogen and oxygen atoms in total. The van der Waals surface area contributed by atoms with Crippen LogP contribution in [0.3, 0.4) is 0 Å². The molecule has 0 saturated heterocycles. The molecular weight excluding hydrogens is 230 g/mol. The Morgan fingerprint density at radius 1 is 1.38 bits per heavy atom. The second-order valence-corrected chi connectivity index (χ2v) is 4.06. The summed E-state index contributed by atoms with van der Waals surface area (Å²) in [6, 6.07) is 0.415. The van der Waals surface area contributed by atoms with Crippen LogP contribution in [0.5, 0.6) is 6.01 Å². The summed E-state index contributed by atoms with van der Waals surface area (Å²) in [4.78, 5) is 13.9. The highest BCUT2D eigenvalue weighted by molar-refractivity contribution is 6.28. The van der Waals surface area contributed by atoms with Gasteiger partial charge in [-0.3, -0.25) is 0 Å². The van der Waals surface area contributed by atoms with E-state index in [0.717, 1.165) is 6.54 Å². The Hall–Kier alpha value is -1.14. The molecule has 1 unspecified atom stereocenters. The SMILES string of the molecule is COc1nc(Cl)nc(NC(C)CN(C)C)n1. The molecule has 0 bridgehead atoms. The van der Waals surface area contributed by atoms with E-state index in [1.807, 2.05) is 21.0 Å². The van der Waals surface area contributed by atoms with Crippen molar-refractivity contribution in [2.45, 2.75) is 13.0 Å². The van der Waals surface area contributed by atoms with E-state index in [-0.39, 0.29) is 17.3 Å². The Bertz CT molecular complexity index is 347. The topological polar surface area (TPSA) is 63.2 Å². The first-order valence-electron chi connectivity index (χ1n) is 4.88. The van der Waals surface area contributed by atoms with Gasteiger partial charge >= 0.3 is 6.01 Å². The monoisotopic (exact) mass is 245 g/mol. The van der Waals surface area contributed by atoms with Gasteiger partial charge in [-0.05, 0) is 32.6 Å².